The molecular weight excluding hydrogens is 370 g/mol. The molecule has 0 aliphatic carbocycles. The standard InChI is InChI=1S/C21H22N5O3/c1-23-18-17(19(27)26(21(23)28)10-9-15-6-3-2-4-7-15)25-12-11-24(20(25)22-18)14-16-8-5-13-29-16/h2-8,13,17H,9-12,14H2,1H3/q+1. The first kappa shape index (κ1) is 17.7. The molecule has 3 aliphatic rings. The van der Waals surface area contributed by atoms with Crippen LogP contribution in [0.15, 0.2) is 58.1 Å². The summed E-state index contributed by atoms with van der Waals surface area (Å²) in [4.78, 5) is 35.6. The Hall–Kier alpha value is -3.42. The van der Waals surface area contributed by atoms with E-state index in [9.17, 15) is 9.59 Å². The number of carbonyl (C=O) groups excluding carboxylic acids is 2. The highest BCUT2D eigenvalue weighted by atomic mass is 16.3. The Bertz CT molecular complexity index is 1010. The summed E-state index contributed by atoms with van der Waals surface area (Å²) in [5, 5.41) is 0. The van der Waals surface area contributed by atoms with Gasteiger partial charge in [-0.25, -0.2) is 9.69 Å². The third kappa shape index (κ3) is 2.91. The summed E-state index contributed by atoms with van der Waals surface area (Å²) in [5.74, 6) is 1.89. The van der Waals surface area contributed by atoms with Crippen LogP contribution >= 0.6 is 0 Å². The van der Waals surface area contributed by atoms with Crippen molar-refractivity contribution in [3.8, 4) is 0 Å². The monoisotopic (exact) mass is 392 g/mol. The fourth-order valence-electron chi connectivity index (χ4n) is 4.15. The lowest BCUT2D eigenvalue weighted by atomic mass is 10.1. The lowest BCUT2D eigenvalue weighted by Gasteiger charge is -2.34. The molecule has 1 unspecified atom stereocenters. The van der Waals surface area contributed by atoms with Gasteiger partial charge in [-0.05, 0) is 24.1 Å². The number of urea groups is 1. The highest BCUT2D eigenvalue weighted by molar-refractivity contribution is 6.25. The number of guanidine groups is 1. The van der Waals surface area contributed by atoms with E-state index in [0.717, 1.165) is 23.8 Å². The van der Waals surface area contributed by atoms with Crippen LogP contribution in [0.25, 0.3) is 0 Å². The van der Waals surface area contributed by atoms with Gasteiger partial charge in [0.05, 0.1) is 19.4 Å². The van der Waals surface area contributed by atoms with Crippen molar-refractivity contribution in [2.45, 2.75) is 19.0 Å². The molecule has 2 aromatic rings. The average molecular weight is 392 g/mol. The summed E-state index contributed by atoms with van der Waals surface area (Å²) in [6.45, 7) is 2.40. The number of furan rings is 1. The second kappa shape index (κ2) is 6.88. The van der Waals surface area contributed by atoms with Crippen molar-refractivity contribution in [1.29, 1.82) is 0 Å². The largest absolute Gasteiger partial charge is 0.466 e. The van der Waals surface area contributed by atoms with Crippen molar-refractivity contribution in [3.05, 3.63) is 60.1 Å². The molecule has 1 aromatic carbocycles. The minimum absolute atomic E-state index is 0.197. The van der Waals surface area contributed by atoms with Gasteiger partial charge in [0.15, 0.2) is 0 Å². The van der Waals surface area contributed by atoms with E-state index in [1.54, 1.807) is 13.3 Å². The number of hydrogen-bond donors (Lipinski definition) is 0. The van der Waals surface area contributed by atoms with Crippen molar-refractivity contribution in [2.75, 3.05) is 26.7 Å². The number of amides is 3. The number of hydrogen-bond acceptors (Lipinski definition) is 5. The summed E-state index contributed by atoms with van der Waals surface area (Å²) in [7, 11) is 1.69. The number of aliphatic imine (C=N–C) groups is 1. The zero-order chi connectivity index (χ0) is 20.0. The molecular formula is C21H22N5O3+. The Morgan fingerprint density at radius 1 is 1.17 bits per heavy atom. The second-order valence-corrected chi connectivity index (χ2v) is 7.43. The average Bonchev–Trinajstić information content (AvgIpc) is 3.45. The van der Waals surface area contributed by atoms with Crippen LogP contribution in [0.2, 0.25) is 0 Å². The summed E-state index contributed by atoms with van der Waals surface area (Å²) in [5.41, 5.74) is 1.10. The Balaban J connectivity index is 1.39. The predicted molar refractivity (Wildman–Crippen MR) is 105 cm³/mol. The van der Waals surface area contributed by atoms with E-state index in [1.165, 1.54) is 9.80 Å². The molecule has 0 spiro atoms. The van der Waals surface area contributed by atoms with Gasteiger partial charge >= 0.3 is 12.0 Å². The molecule has 0 saturated carbocycles. The van der Waals surface area contributed by atoms with E-state index in [2.05, 4.69) is 9.57 Å². The number of carbonyl (C=O) groups is 2. The highest BCUT2D eigenvalue weighted by Gasteiger charge is 2.57. The zero-order valence-corrected chi connectivity index (χ0v) is 16.2. The molecule has 8 heteroatoms. The SMILES string of the molecule is CN1C(=O)N(CCc2ccccc2)C(=O)C2C1=NC1=[N+](Cc3ccco3)CCN12. The fraction of sp³-hybridized carbons (Fsp3) is 0.333. The zero-order valence-electron chi connectivity index (χ0n) is 16.2. The number of nitrogens with zero attached hydrogens (tertiary/aromatic N) is 5. The number of fused-ring (bicyclic) bond motifs is 3. The van der Waals surface area contributed by atoms with Crippen molar-refractivity contribution in [1.82, 2.24) is 14.7 Å². The van der Waals surface area contributed by atoms with E-state index in [4.69, 9.17) is 4.42 Å². The summed E-state index contributed by atoms with van der Waals surface area (Å²) < 4.78 is 7.54. The number of benzene rings is 1. The lowest BCUT2D eigenvalue weighted by molar-refractivity contribution is -0.537. The van der Waals surface area contributed by atoms with Crippen LogP contribution < -0.4 is 0 Å². The topological polar surface area (TPSA) is 72.4 Å². The van der Waals surface area contributed by atoms with Crippen LogP contribution in [0.4, 0.5) is 4.79 Å². The maximum atomic E-state index is 13.3. The molecule has 29 heavy (non-hydrogen) atoms. The van der Waals surface area contributed by atoms with E-state index in [-0.39, 0.29) is 11.9 Å². The number of imide groups is 1. The first-order chi connectivity index (χ1) is 14.1. The molecule has 1 atom stereocenters. The molecule has 5 rings (SSSR count). The van der Waals surface area contributed by atoms with Crippen LogP contribution in [0, 0.1) is 0 Å². The van der Waals surface area contributed by atoms with Crippen molar-refractivity contribution in [3.63, 3.8) is 0 Å². The molecule has 0 bridgehead atoms. The van der Waals surface area contributed by atoms with Gasteiger partial charge in [0.25, 0.3) is 5.91 Å². The van der Waals surface area contributed by atoms with Gasteiger partial charge < -0.3 is 4.42 Å². The first-order valence-electron chi connectivity index (χ1n) is 9.76. The van der Waals surface area contributed by atoms with Crippen molar-refractivity contribution in [2.24, 2.45) is 4.99 Å². The third-order valence-corrected chi connectivity index (χ3v) is 5.68. The van der Waals surface area contributed by atoms with Crippen LogP contribution in [0.1, 0.15) is 11.3 Å². The molecule has 3 amide bonds. The van der Waals surface area contributed by atoms with Gasteiger partial charge in [0.2, 0.25) is 11.9 Å². The Morgan fingerprint density at radius 2 is 2.00 bits per heavy atom. The van der Waals surface area contributed by atoms with Gasteiger partial charge in [-0.15, -0.1) is 0 Å². The predicted octanol–water partition coefficient (Wildman–Crippen LogP) is 1.38. The Morgan fingerprint density at radius 3 is 2.76 bits per heavy atom. The molecule has 4 heterocycles. The molecule has 1 saturated heterocycles. The summed E-state index contributed by atoms with van der Waals surface area (Å²) in [6, 6.07) is 12.8. The van der Waals surface area contributed by atoms with Gasteiger partial charge in [-0.3, -0.25) is 19.2 Å². The quantitative estimate of drug-likeness (QED) is 0.721. The minimum atomic E-state index is -0.537. The number of likely N-dealkylation sites (N-methyl/N-ethyl adjacent to an activating group) is 1. The molecule has 0 N–H and O–H groups in total. The smallest absolute Gasteiger partial charge is 0.393 e. The normalized spacial score (nSPS) is 21.1. The Kier molecular flexibility index (Phi) is 4.19. The fourth-order valence-corrected chi connectivity index (χ4v) is 4.15. The van der Waals surface area contributed by atoms with Gasteiger partial charge in [0.1, 0.15) is 12.3 Å². The summed E-state index contributed by atoms with van der Waals surface area (Å²) in [6.07, 6.45) is 2.28. The van der Waals surface area contributed by atoms with Crippen LogP contribution in [0.5, 0.6) is 0 Å². The number of rotatable bonds is 5. The number of amidine groups is 1. The maximum absolute atomic E-state index is 13.3. The molecule has 0 radical (unpaired) electrons. The molecule has 148 valence electrons. The summed E-state index contributed by atoms with van der Waals surface area (Å²) >= 11 is 0. The van der Waals surface area contributed by atoms with Crippen LogP contribution in [-0.2, 0) is 17.8 Å². The third-order valence-electron chi connectivity index (χ3n) is 5.68. The first-order valence-corrected chi connectivity index (χ1v) is 9.76. The molecule has 8 nitrogen and oxygen atoms in total. The minimum Gasteiger partial charge on any atom is -0.466 e. The van der Waals surface area contributed by atoms with Gasteiger partial charge in [0, 0.05) is 13.6 Å². The van der Waals surface area contributed by atoms with E-state index in [1.807, 2.05) is 47.4 Å². The maximum Gasteiger partial charge on any atom is 0.393 e. The van der Waals surface area contributed by atoms with Gasteiger partial charge in [-0.1, -0.05) is 35.3 Å². The van der Waals surface area contributed by atoms with E-state index in [0.29, 0.717) is 31.9 Å². The van der Waals surface area contributed by atoms with Crippen LogP contribution in [0.3, 0.4) is 0 Å². The van der Waals surface area contributed by atoms with Crippen molar-refractivity contribution < 1.29 is 18.6 Å². The lowest BCUT2D eigenvalue weighted by Crippen LogP contribution is -2.63. The van der Waals surface area contributed by atoms with E-state index >= 15 is 0 Å². The molecule has 3 aliphatic heterocycles. The van der Waals surface area contributed by atoms with Crippen molar-refractivity contribution >= 4 is 23.7 Å². The molecule has 1 aromatic heterocycles. The second-order valence-electron chi connectivity index (χ2n) is 7.43. The molecule has 1 fully saturated rings. The van der Waals surface area contributed by atoms with Gasteiger partial charge in [-0.2, -0.15) is 0 Å². The van der Waals surface area contributed by atoms with Crippen LogP contribution in [-0.4, -0.2) is 75.7 Å². The Labute approximate surface area is 168 Å². The van der Waals surface area contributed by atoms with E-state index < -0.39 is 6.04 Å². The highest BCUT2D eigenvalue weighted by Crippen LogP contribution is 2.26.